The largest absolute Gasteiger partial charge is 0.495 e. The molecule has 2 aliphatic heterocycles. The first-order valence-corrected chi connectivity index (χ1v) is 15.1. The van der Waals surface area contributed by atoms with Crippen molar-refractivity contribution >= 4 is 37.6 Å². The summed E-state index contributed by atoms with van der Waals surface area (Å²) in [6, 6.07) is 10.8. The lowest BCUT2D eigenvalue weighted by molar-refractivity contribution is -0.126. The highest BCUT2D eigenvalue weighted by Crippen LogP contribution is 2.30. The Kier molecular flexibility index (Phi) is 8.25. The Labute approximate surface area is 217 Å². The predicted molar refractivity (Wildman–Crippen MR) is 136 cm³/mol. The SMILES string of the molecule is COc1ccc(S(=O)(=O)N2CCC[C@H](C(=O)NCc3ccc(S(=O)(=O)N4CCCC4)cc3)C2)cc1Cl. The number of sulfonamides is 2. The smallest absolute Gasteiger partial charge is 0.243 e. The fraction of sp³-hybridized carbons (Fsp3) is 0.458. The summed E-state index contributed by atoms with van der Waals surface area (Å²) < 4.78 is 59.5. The molecule has 2 aliphatic rings. The van der Waals surface area contributed by atoms with E-state index in [2.05, 4.69) is 5.32 Å². The summed E-state index contributed by atoms with van der Waals surface area (Å²) in [6.07, 6.45) is 2.88. The number of halogens is 1. The third-order valence-electron chi connectivity index (χ3n) is 6.61. The number of piperidine rings is 1. The number of methoxy groups -OCH3 is 1. The number of hydrogen-bond acceptors (Lipinski definition) is 6. The maximum atomic E-state index is 13.1. The van der Waals surface area contributed by atoms with Gasteiger partial charge in [-0.15, -0.1) is 0 Å². The molecule has 12 heteroatoms. The number of carbonyl (C=O) groups excluding carboxylic acids is 1. The van der Waals surface area contributed by atoms with E-state index in [1.165, 1.54) is 33.9 Å². The van der Waals surface area contributed by atoms with Crippen LogP contribution in [-0.4, -0.2) is 64.6 Å². The minimum absolute atomic E-state index is 0.0540. The molecule has 0 bridgehead atoms. The molecule has 2 aromatic rings. The summed E-state index contributed by atoms with van der Waals surface area (Å²) in [5, 5.41) is 3.06. The van der Waals surface area contributed by atoms with Crippen molar-refractivity contribution < 1.29 is 26.4 Å². The van der Waals surface area contributed by atoms with Crippen molar-refractivity contribution in [3.63, 3.8) is 0 Å². The number of amides is 1. The lowest BCUT2D eigenvalue weighted by atomic mass is 9.99. The average Bonchev–Trinajstić information content (AvgIpc) is 3.44. The van der Waals surface area contributed by atoms with Crippen LogP contribution < -0.4 is 10.1 Å². The van der Waals surface area contributed by atoms with Crippen LogP contribution in [0.15, 0.2) is 52.3 Å². The van der Waals surface area contributed by atoms with E-state index < -0.39 is 26.0 Å². The first kappa shape index (κ1) is 26.9. The molecule has 2 fully saturated rings. The van der Waals surface area contributed by atoms with Crippen LogP contribution in [0.25, 0.3) is 0 Å². The Hall–Kier alpha value is -2.18. The van der Waals surface area contributed by atoms with Crippen molar-refractivity contribution in [3.05, 3.63) is 53.1 Å². The van der Waals surface area contributed by atoms with E-state index in [0.717, 1.165) is 18.4 Å². The molecule has 0 unspecified atom stereocenters. The van der Waals surface area contributed by atoms with Gasteiger partial charge in [-0.2, -0.15) is 8.61 Å². The van der Waals surface area contributed by atoms with E-state index in [4.69, 9.17) is 16.3 Å². The number of nitrogens with one attached hydrogen (secondary N) is 1. The molecule has 2 aromatic carbocycles. The molecule has 196 valence electrons. The molecule has 0 radical (unpaired) electrons. The molecule has 1 N–H and O–H groups in total. The molecule has 0 spiro atoms. The van der Waals surface area contributed by atoms with Gasteiger partial charge in [-0.25, -0.2) is 16.8 Å². The van der Waals surface area contributed by atoms with Gasteiger partial charge in [0.25, 0.3) is 0 Å². The molecule has 36 heavy (non-hydrogen) atoms. The molecular weight excluding hydrogens is 526 g/mol. The second-order valence-electron chi connectivity index (χ2n) is 8.97. The highest BCUT2D eigenvalue weighted by atomic mass is 35.5. The number of nitrogens with zero attached hydrogens (tertiary/aromatic N) is 2. The summed E-state index contributed by atoms with van der Waals surface area (Å²) in [6.45, 7) is 1.70. The quantitative estimate of drug-likeness (QED) is 0.536. The van der Waals surface area contributed by atoms with Gasteiger partial charge in [-0.3, -0.25) is 4.79 Å². The number of benzene rings is 2. The first-order valence-electron chi connectivity index (χ1n) is 11.8. The fourth-order valence-electron chi connectivity index (χ4n) is 4.52. The number of rotatable bonds is 8. The third kappa shape index (κ3) is 5.70. The van der Waals surface area contributed by atoms with Crippen molar-refractivity contribution in [2.45, 2.75) is 42.0 Å². The van der Waals surface area contributed by atoms with Gasteiger partial charge in [0.05, 0.1) is 27.8 Å². The summed E-state index contributed by atoms with van der Waals surface area (Å²) in [5.41, 5.74) is 0.761. The highest BCUT2D eigenvalue weighted by molar-refractivity contribution is 7.89. The zero-order valence-corrected chi connectivity index (χ0v) is 22.4. The fourth-order valence-corrected chi connectivity index (χ4v) is 7.91. The van der Waals surface area contributed by atoms with Gasteiger partial charge in [0.15, 0.2) is 0 Å². The van der Waals surface area contributed by atoms with Crippen LogP contribution in [0.5, 0.6) is 5.75 Å². The lowest BCUT2D eigenvalue weighted by Crippen LogP contribution is -2.45. The topological polar surface area (TPSA) is 113 Å². The summed E-state index contributed by atoms with van der Waals surface area (Å²) >= 11 is 6.11. The number of ether oxygens (including phenoxy) is 1. The Balaban J connectivity index is 1.36. The molecule has 1 amide bonds. The van der Waals surface area contributed by atoms with Gasteiger partial charge < -0.3 is 10.1 Å². The van der Waals surface area contributed by atoms with Crippen LogP contribution in [0.1, 0.15) is 31.2 Å². The second kappa shape index (κ2) is 11.1. The first-order chi connectivity index (χ1) is 17.1. The number of carbonyl (C=O) groups is 1. The van der Waals surface area contributed by atoms with Crippen molar-refractivity contribution in [2.75, 3.05) is 33.3 Å². The molecular formula is C24H30ClN3O6S2. The third-order valence-corrected chi connectivity index (χ3v) is 10.7. The van der Waals surface area contributed by atoms with Crippen LogP contribution in [0.2, 0.25) is 5.02 Å². The summed E-state index contributed by atoms with van der Waals surface area (Å²) in [4.78, 5) is 13.1. The van der Waals surface area contributed by atoms with Crippen LogP contribution in [0.4, 0.5) is 0 Å². The Bertz CT molecular complexity index is 1310. The molecule has 0 saturated carbocycles. The van der Waals surface area contributed by atoms with E-state index in [1.807, 2.05) is 0 Å². The summed E-state index contributed by atoms with van der Waals surface area (Å²) in [5.74, 6) is -0.346. The van der Waals surface area contributed by atoms with E-state index in [9.17, 15) is 21.6 Å². The molecule has 0 aliphatic carbocycles. The Morgan fingerprint density at radius 3 is 2.19 bits per heavy atom. The Morgan fingerprint density at radius 2 is 1.56 bits per heavy atom. The zero-order valence-electron chi connectivity index (χ0n) is 20.0. The zero-order chi connectivity index (χ0) is 25.9. The second-order valence-corrected chi connectivity index (χ2v) is 13.3. The van der Waals surface area contributed by atoms with Crippen molar-refractivity contribution in [1.29, 1.82) is 0 Å². The van der Waals surface area contributed by atoms with E-state index in [1.54, 1.807) is 24.3 Å². The van der Waals surface area contributed by atoms with Gasteiger partial charge in [-0.1, -0.05) is 23.7 Å². The molecule has 2 heterocycles. The Morgan fingerprint density at radius 1 is 0.944 bits per heavy atom. The van der Waals surface area contributed by atoms with Crippen LogP contribution in [-0.2, 0) is 31.4 Å². The van der Waals surface area contributed by atoms with Crippen molar-refractivity contribution in [1.82, 2.24) is 13.9 Å². The minimum atomic E-state index is -3.82. The van der Waals surface area contributed by atoms with Gasteiger partial charge >= 0.3 is 0 Å². The van der Waals surface area contributed by atoms with Crippen LogP contribution in [0.3, 0.4) is 0 Å². The standard InChI is InChI=1S/C24H30ClN3O6S2/c1-34-23-11-10-21(15-22(23)25)36(32,33)28-14-4-5-19(17-28)24(29)26-16-18-6-8-20(9-7-18)35(30,31)27-12-2-3-13-27/h6-11,15,19H,2-5,12-14,16-17H2,1H3,(H,26,29)/t19-/m0/s1. The molecule has 9 nitrogen and oxygen atoms in total. The van der Waals surface area contributed by atoms with Gasteiger partial charge in [-0.05, 0) is 61.6 Å². The van der Waals surface area contributed by atoms with E-state index in [0.29, 0.717) is 38.2 Å². The normalized spacial score (nSPS) is 19.8. The lowest BCUT2D eigenvalue weighted by Gasteiger charge is -2.31. The van der Waals surface area contributed by atoms with Crippen molar-refractivity contribution in [2.24, 2.45) is 5.92 Å². The maximum absolute atomic E-state index is 13.1. The van der Waals surface area contributed by atoms with Gasteiger partial charge in [0.2, 0.25) is 26.0 Å². The van der Waals surface area contributed by atoms with E-state index in [-0.39, 0.29) is 33.8 Å². The highest BCUT2D eigenvalue weighted by Gasteiger charge is 2.33. The molecule has 2 saturated heterocycles. The monoisotopic (exact) mass is 555 g/mol. The van der Waals surface area contributed by atoms with Crippen LogP contribution in [0, 0.1) is 5.92 Å². The minimum Gasteiger partial charge on any atom is -0.495 e. The predicted octanol–water partition coefficient (Wildman–Crippen LogP) is 2.85. The molecule has 0 aromatic heterocycles. The molecule has 1 atom stereocenters. The summed E-state index contributed by atoms with van der Waals surface area (Å²) in [7, 11) is -5.85. The molecule has 4 rings (SSSR count). The maximum Gasteiger partial charge on any atom is 0.243 e. The van der Waals surface area contributed by atoms with Crippen molar-refractivity contribution in [3.8, 4) is 5.75 Å². The number of hydrogen-bond donors (Lipinski definition) is 1. The average molecular weight is 556 g/mol. The van der Waals surface area contributed by atoms with Gasteiger partial charge in [0.1, 0.15) is 5.75 Å². The van der Waals surface area contributed by atoms with E-state index >= 15 is 0 Å². The van der Waals surface area contributed by atoms with Gasteiger partial charge in [0, 0.05) is 32.7 Å². The van der Waals surface area contributed by atoms with Crippen LogP contribution >= 0.6 is 11.6 Å².